The van der Waals surface area contributed by atoms with E-state index in [9.17, 15) is 9.59 Å². The summed E-state index contributed by atoms with van der Waals surface area (Å²) in [6, 6.07) is 15.2. The summed E-state index contributed by atoms with van der Waals surface area (Å²) in [5.41, 5.74) is 9.65. The van der Waals surface area contributed by atoms with Gasteiger partial charge in [0, 0.05) is 44.6 Å². The van der Waals surface area contributed by atoms with Gasteiger partial charge in [-0.15, -0.1) is 0 Å². The SMILES string of the molecule is CC(=O)Nc1cc(-c2nn(C3CCN(CCNC(=O)[C@H](C)CCC45CC6CC(CC(C6)C4)C5)CC3)c3ncnc(N)c23)ccc1Oc1ccccc1. The van der Waals surface area contributed by atoms with Gasteiger partial charge < -0.3 is 26.0 Å². The molecule has 2 aromatic heterocycles. The van der Waals surface area contributed by atoms with Crippen LogP contribution in [0.25, 0.3) is 22.3 Å². The molecule has 1 atom stereocenters. The van der Waals surface area contributed by atoms with Crippen LogP contribution in [0.15, 0.2) is 54.9 Å². The third-order valence-electron chi connectivity index (χ3n) is 12.4. The number of benzene rings is 2. The lowest BCUT2D eigenvalue weighted by atomic mass is 9.48. The third-order valence-corrected chi connectivity index (χ3v) is 12.4. The molecule has 2 aromatic carbocycles. The van der Waals surface area contributed by atoms with Gasteiger partial charge in [-0.3, -0.25) is 9.59 Å². The molecule has 9 rings (SSSR count). The lowest BCUT2D eigenvalue weighted by molar-refractivity contribution is -0.125. The number of aromatic nitrogens is 4. The van der Waals surface area contributed by atoms with Gasteiger partial charge in [0.2, 0.25) is 11.8 Å². The van der Waals surface area contributed by atoms with Crippen LogP contribution in [0.3, 0.4) is 0 Å². The van der Waals surface area contributed by atoms with Gasteiger partial charge in [-0.05, 0) is 118 Å². The number of nitrogens with one attached hydrogen (secondary N) is 2. The fraction of sp³-hybridized carbons (Fsp3) is 0.537. The molecule has 2 amide bonds. The van der Waals surface area contributed by atoms with Crippen molar-refractivity contribution >= 4 is 34.4 Å². The molecule has 11 heteroatoms. The number of ether oxygens (including phenoxy) is 1. The predicted molar refractivity (Wildman–Crippen MR) is 203 cm³/mol. The summed E-state index contributed by atoms with van der Waals surface area (Å²) in [6.45, 7) is 6.90. The molecule has 5 aliphatic rings. The number of rotatable bonds is 12. The Bertz CT molecular complexity index is 1880. The second-order valence-electron chi connectivity index (χ2n) is 16.3. The summed E-state index contributed by atoms with van der Waals surface area (Å²) in [6.07, 6.45) is 14.2. The topological polar surface area (TPSA) is 140 Å². The number of amides is 2. The maximum Gasteiger partial charge on any atom is 0.222 e. The number of piperidine rings is 1. The largest absolute Gasteiger partial charge is 0.455 e. The Morgan fingerprint density at radius 3 is 2.40 bits per heavy atom. The molecule has 4 saturated carbocycles. The molecule has 5 fully saturated rings. The highest BCUT2D eigenvalue weighted by molar-refractivity contribution is 5.99. The molecule has 0 spiro atoms. The molecule has 0 unspecified atom stereocenters. The second-order valence-corrected chi connectivity index (χ2v) is 16.3. The van der Waals surface area contributed by atoms with E-state index in [2.05, 4.69) is 32.4 Å². The van der Waals surface area contributed by atoms with Gasteiger partial charge in [0.1, 0.15) is 23.6 Å². The summed E-state index contributed by atoms with van der Waals surface area (Å²) in [5, 5.41) is 11.9. The number of hydrogen-bond donors (Lipinski definition) is 3. The van der Waals surface area contributed by atoms with Crippen molar-refractivity contribution in [2.75, 3.05) is 37.2 Å². The van der Waals surface area contributed by atoms with Crippen molar-refractivity contribution in [3.05, 3.63) is 54.9 Å². The van der Waals surface area contributed by atoms with Crippen LogP contribution in [0.5, 0.6) is 11.5 Å². The van der Waals surface area contributed by atoms with Crippen LogP contribution in [0, 0.1) is 29.1 Å². The fourth-order valence-electron chi connectivity index (χ4n) is 10.3. The van der Waals surface area contributed by atoms with Crippen LogP contribution < -0.4 is 21.1 Å². The van der Waals surface area contributed by atoms with Crippen LogP contribution in [0.2, 0.25) is 0 Å². The predicted octanol–water partition coefficient (Wildman–Crippen LogP) is 7.21. The van der Waals surface area contributed by atoms with E-state index in [4.69, 9.17) is 15.6 Å². The van der Waals surface area contributed by atoms with Crippen molar-refractivity contribution in [1.82, 2.24) is 30.0 Å². The third kappa shape index (κ3) is 7.24. The molecule has 3 heterocycles. The molecular formula is C41H52N8O3. The minimum Gasteiger partial charge on any atom is -0.455 e. The first-order valence-electron chi connectivity index (χ1n) is 19.4. The highest BCUT2D eigenvalue weighted by Crippen LogP contribution is 2.61. The first-order valence-corrected chi connectivity index (χ1v) is 19.4. The quantitative estimate of drug-likeness (QED) is 0.141. The van der Waals surface area contributed by atoms with Gasteiger partial charge in [0.25, 0.3) is 0 Å². The zero-order valence-electron chi connectivity index (χ0n) is 30.5. The standard InChI is InChI=1S/C41H52N8O3/c1-26(10-13-41-22-28-18-29(23-41)20-30(19-28)24-41)40(51)43-14-17-48-15-11-32(12-16-48)49-39-36(38(42)44-25-45-39)37(47-49)31-8-9-35(34(21-31)46-27(2)50)52-33-6-4-3-5-7-33/h3-9,21,25-26,28-30,32H,10-20,22-24H2,1-2H3,(H,43,51)(H,46,50)(H2,42,44,45)/t26-,28?,29?,30?,41?/m1/s1. The maximum absolute atomic E-state index is 13.1. The Morgan fingerprint density at radius 2 is 1.71 bits per heavy atom. The molecule has 52 heavy (non-hydrogen) atoms. The summed E-state index contributed by atoms with van der Waals surface area (Å²) in [5.74, 6) is 4.49. The van der Waals surface area contributed by atoms with E-state index in [1.54, 1.807) is 0 Å². The molecule has 4 bridgehead atoms. The molecule has 4 aliphatic carbocycles. The number of carbonyl (C=O) groups is 2. The van der Waals surface area contributed by atoms with E-state index in [0.717, 1.165) is 62.2 Å². The monoisotopic (exact) mass is 704 g/mol. The van der Waals surface area contributed by atoms with E-state index < -0.39 is 0 Å². The first kappa shape index (κ1) is 34.6. The molecule has 4 aromatic rings. The molecule has 1 aliphatic heterocycles. The number of carbonyl (C=O) groups excluding carboxylic acids is 2. The van der Waals surface area contributed by atoms with E-state index in [-0.39, 0.29) is 23.8 Å². The molecule has 1 saturated heterocycles. The number of nitrogens with two attached hydrogens (primary N) is 1. The van der Waals surface area contributed by atoms with Gasteiger partial charge in [0.15, 0.2) is 11.4 Å². The number of anilines is 2. The number of nitrogen functional groups attached to an aromatic ring is 1. The lowest BCUT2D eigenvalue weighted by Crippen LogP contribution is -2.46. The van der Waals surface area contributed by atoms with Crippen molar-refractivity contribution in [3.63, 3.8) is 0 Å². The van der Waals surface area contributed by atoms with Crippen molar-refractivity contribution in [1.29, 1.82) is 0 Å². The van der Waals surface area contributed by atoms with Gasteiger partial charge in [-0.25, -0.2) is 14.6 Å². The number of para-hydroxylation sites is 1. The van der Waals surface area contributed by atoms with Crippen molar-refractivity contribution in [2.45, 2.75) is 84.1 Å². The molecular weight excluding hydrogens is 653 g/mol. The summed E-state index contributed by atoms with van der Waals surface area (Å²) in [4.78, 5) is 36.6. The van der Waals surface area contributed by atoms with Crippen molar-refractivity contribution in [3.8, 4) is 22.8 Å². The van der Waals surface area contributed by atoms with Crippen LogP contribution in [0.4, 0.5) is 11.5 Å². The normalized spacial score (nSPS) is 24.9. The number of hydrogen-bond acceptors (Lipinski definition) is 8. The van der Waals surface area contributed by atoms with Gasteiger partial charge in [0.05, 0.1) is 17.1 Å². The fourth-order valence-corrected chi connectivity index (χ4v) is 10.3. The molecule has 0 radical (unpaired) electrons. The summed E-state index contributed by atoms with van der Waals surface area (Å²) >= 11 is 0. The average Bonchev–Trinajstić information content (AvgIpc) is 3.52. The lowest BCUT2D eigenvalue weighted by Gasteiger charge is -2.57. The maximum atomic E-state index is 13.1. The minimum absolute atomic E-state index is 0.0670. The summed E-state index contributed by atoms with van der Waals surface area (Å²) < 4.78 is 8.11. The number of likely N-dealkylation sites (tertiary alicyclic amines) is 1. The zero-order chi connectivity index (χ0) is 35.8. The van der Waals surface area contributed by atoms with Crippen LogP contribution in [-0.2, 0) is 9.59 Å². The Kier molecular flexibility index (Phi) is 9.63. The van der Waals surface area contributed by atoms with E-state index in [1.165, 1.54) is 58.2 Å². The van der Waals surface area contributed by atoms with E-state index in [1.807, 2.05) is 53.2 Å². The van der Waals surface area contributed by atoms with E-state index in [0.29, 0.717) is 51.7 Å². The highest BCUT2D eigenvalue weighted by Gasteiger charge is 2.50. The van der Waals surface area contributed by atoms with Crippen LogP contribution in [0.1, 0.15) is 84.1 Å². The number of fused-ring (bicyclic) bond motifs is 1. The van der Waals surface area contributed by atoms with Crippen molar-refractivity contribution in [2.24, 2.45) is 29.1 Å². The Morgan fingerprint density at radius 1 is 1.00 bits per heavy atom. The highest BCUT2D eigenvalue weighted by atomic mass is 16.5. The molecule has 274 valence electrons. The minimum atomic E-state index is -0.207. The average molecular weight is 705 g/mol. The van der Waals surface area contributed by atoms with Crippen LogP contribution >= 0.6 is 0 Å². The Labute approximate surface area is 306 Å². The van der Waals surface area contributed by atoms with Crippen molar-refractivity contribution < 1.29 is 14.3 Å². The first-order chi connectivity index (χ1) is 25.2. The Balaban J connectivity index is 0.884. The zero-order valence-corrected chi connectivity index (χ0v) is 30.5. The Hall–Kier alpha value is -4.51. The van der Waals surface area contributed by atoms with E-state index >= 15 is 0 Å². The van der Waals surface area contributed by atoms with Gasteiger partial charge in [-0.2, -0.15) is 5.10 Å². The second kappa shape index (κ2) is 14.5. The van der Waals surface area contributed by atoms with Gasteiger partial charge in [-0.1, -0.05) is 25.1 Å². The van der Waals surface area contributed by atoms with Gasteiger partial charge >= 0.3 is 0 Å². The molecule has 11 nitrogen and oxygen atoms in total. The smallest absolute Gasteiger partial charge is 0.222 e. The molecule has 4 N–H and O–H groups in total. The van der Waals surface area contributed by atoms with Crippen LogP contribution in [-0.4, -0.2) is 62.6 Å². The number of nitrogens with zero attached hydrogens (tertiary/aromatic N) is 5. The summed E-state index contributed by atoms with van der Waals surface area (Å²) in [7, 11) is 0.